The Morgan fingerprint density at radius 1 is 1.07 bits per heavy atom. The summed E-state index contributed by atoms with van der Waals surface area (Å²) in [7, 11) is 0. The zero-order chi connectivity index (χ0) is 19.9. The van der Waals surface area contributed by atoms with Crippen LogP contribution in [0, 0.1) is 0 Å². The molecule has 0 aliphatic carbocycles. The highest BCUT2D eigenvalue weighted by Gasteiger charge is 2.44. The van der Waals surface area contributed by atoms with Crippen molar-refractivity contribution in [3.05, 3.63) is 0 Å². The largest absolute Gasteiger partial charge is 0.457 e. The average Bonchev–Trinajstić information content (AvgIpc) is 3.01. The number of aliphatic hydroxyl groups is 2. The SMILES string of the molecule is CCCCCCCCCCCC(=O)O[C@H]1[C@@H]([C@@H](CO)OOCC)OC[C@@H]1O. The first-order valence-electron chi connectivity index (χ1n) is 10.5. The zero-order valence-corrected chi connectivity index (χ0v) is 16.9. The van der Waals surface area contributed by atoms with Crippen LogP contribution in [0.1, 0.15) is 78.1 Å². The molecule has 2 N–H and O–H groups in total. The first kappa shape index (κ1) is 24.3. The molecule has 1 rings (SSSR count). The first-order valence-corrected chi connectivity index (χ1v) is 10.5. The second kappa shape index (κ2) is 15.2. The van der Waals surface area contributed by atoms with Crippen LogP contribution < -0.4 is 0 Å². The van der Waals surface area contributed by atoms with Gasteiger partial charge in [0.15, 0.2) is 6.10 Å². The van der Waals surface area contributed by atoms with Crippen molar-refractivity contribution >= 4 is 5.97 Å². The lowest BCUT2D eigenvalue weighted by Gasteiger charge is -2.26. The summed E-state index contributed by atoms with van der Waals surface area (Å²) in [6.07, 6.45) is 7.56. The van der Waals surface area contributed by atoms with E-state index in [1.54, 1.807) is 6.92 Å². The third-order valence-electron chi connectivity index (χ3n) is 4.77. The van der Waals surface area contributed by atoms with Crippen LogP contribution in [0.5, 0.6) is 0 Å². The first-order chi connectivity index (χ1) is 13.1. The van der Waals surface area contributed by atoms with Crippen molar-refractivity contribution in [2.75, 3.05) is 19.8 Å². The minimum atomic E-state index is -0.929. The second-order valence-corrected chi connectivity index (χ2v) is 7.12. The molecule has 0 spiro atoms. The van der Waals surface area contributed by atoms with E-state index in [1.165, 1.54) is 38.5 Å². The van der Waals surface area contributed by atoms with Crippen LogP contribution in [0.3, 0.4) is 0 Å². The maximum atomic E-state index is 12.1. The molecule has 0 unspecified atom stereocenters. The maximum Gasteiger partial charge on any atom is 0.306 e. The van der Waals surface area contributed by atoms with Crippen molar-refractivity contribution < 1.29 is 34.3 Å². The molecule has 7 heteroatoms. The molecule has 0 amide bonds. The molecule has 0 radical (unpaired) electrons. The van der Waals surface area contributed by atoms with E-state index in [1.807, 2.05) is 0 Å². The van der Waals surface area contributed by atoms with Crippen molar-refractivity contribution in [1.29, 1.82) is 0 Å². The lowest BCUT2D eigenvalue weighted by Crippen LogP contribution is -2.44. The number of unbranched alkanes of at least 4 members (excludes halogenated alkanes) is 8. The van der Waals surface area contributed by atoms with Crippen molar-refractivity contribution in [2.24, 2.45) is 0 Å². The van der Waals surface area contributed by atoms with Gasteiger partial charge >= 0.3 is 5.97 Å². The highest BCUT2D eigenvalue weighted by molar-refractivity contribution is 5.69. The van der Waals surface area contributed by atoms with Crippen molar-refractivity contribution in [1.82, 2.24) is 0 Å². The molecule has 1 aliphatic heterocycles. The topological polar surface area (TPSA) is 94.5 Å². The number of ether oxygens (including phenoxy) is 2. The molecule has 0 aromatic rings. The molecule has 0 saturated carbocycles. The van der Waals surface area contributed by atoms with Gasteiger partial charge in [-0.25, -0.2) is 9.78 Å². The molecule has 160 valence electrons. The molecule has 1 saturated heterocycles. The van der Waals surface area contributed by atoms with Gasteiger partial charge in [0.2, 0.25) is 0 Å². The van der Waals surface area contributed by atoms with Crippen LogP contribution >= 0.6 is 0 Å². The van der Waals surface area contributed by atoms with Crippen LogP contribution in [0.2, 0.25) is 0 Å². The van der Waals surface area contributed by atoms with E-state index in [4.69, 9.17) is 19.2 Å². The number of esters is 1. The Bertz CT molecular complexity index is 377. The Hall–Kier alpha value is -0.730. The fraction of sp³-hybridized carbons (Fsp3) is 0.950. The number of carbonyl (C=O) groups is 1. The Morgan fingerprint density at radius 3 is 2.30 bits per heavy atom. The van der Waals surface area contributed by atoms with E-state index < -0.39 is 24.4 Å². The van der Waals surface area contributed by atoms with E-state index in [-0.39, 0.29) is 19.2 Å². The highest BCUT2D eigenvalue weighted by Crippen LogP contribution is 2.23. The Balaban J connectivity index is 2.22. The van der Waals surface area contributed by atoms with Crippen molar-refractivity contribution in [3.8, 4) is 0 Å². The second-order valence-electron chi connectivity index (χ2n) is 7.12. The van der Waals surface area contributed by atoms with Crippen LogP contribution in [-0.2, 0) is 24.0 Å². The van der Waals surface area contributed by atoms with Gasteiger partial charge < -0.3 is 19.7 Å². The predicted molar refractivity (Wildman–Crippen MR) is 101 cm³/mol. The van der Waals surface area contributed by atoms with Crippen LogP contribution in [0.4, 0.5) is 0 Å². The van der Waals surface area contributed by atoms with Gasteiger partial charge in [-0.2, -0.15) is 0 Å². The van der Waals surface area contributed by atoms with Crippen LogP contribution in [-0.4, -0.2) is 60.4 Å². The van der Waals surface area contributed by atoms with Crippen molar-refractivity contribution in [3.63, 3.8) is 0 Å². The smallest absolute Gasteiger partial charge is 0.306 e. The quantitative estimate of drug-likeness (QED) is 0.181. The maximum absolute atomic E-state index is 12.1. The summed E-state index contributed by atoms with van der Waals surface area (Å²) in [5.41, 5.74) is 0. The Kier molecular flexibility index (Phi) is 13.7. The average molecular weight is 391 g/mol. The Labute approximate surface area is 163 Å². The molecule has 27 heavy (non-hydrogen) atoms. The zero-order valence-electron chi connectivity index (χ0n) is 16.9. The molecule has 1 aliphatic rings. The van der Waals surface area contributed by atoms with Crippen LogP contribution in [0.25, 0.3) is 0 Å². The van der Waals surface area contributed by atoms with Gasteiger partial charge in [-0.3, -0.25) is 4.79 Å². The summed E-state index contributed by atoms with van der Waals surface area (Å²) in [6, 6.07) is 0. The normalized spacial score (nSPS) is 23.5. The number of hydrogen-bond donors (Lipinski definition) is 2. The molecule has 7 nitrogen and oxygen atoms in total. The van der Waals surface area contributed by atoms with E-state index in [0.29, 0.717) is 13.0 Å². The van der Waals surface area contributed by atoms with Gasteiger partial charge in [-0.1, -0.05) is 58.3 Å². The van der Waals surface area contributed by atoms with Gasteiger partial charge in [0.05, 0.1) is 19.8 Å². The minimum absolute atomic E-state index is 0.0344. The van der Waals surface area contributed by atoms with Gasteiger partial charge in [-0.15, -0.1) is 0 Å². The van der Waals surface area contributed by atoms with Crippen molar-refractivity contribution in [2.45, 2.75) is 102 Å². The molecule has 1 fully saturated rings. The third-order valence-corrected chi connectivity index (χ3v) is 4.77. The van der Waals surface area contributed by atoms with E-state index in [2.05, 4.69) is 6.92 Å². The summed E-state index contributed by atoms with van der Waals surface area (Å²) >= 11 is 0. The molecular weight excluding hydrogens is 352 g/mol. The molecule has 1 heterocycles. The van der Waals surface area contributed by atoms with Gasteiger partial charge in [0.25, 0.3) is 0 Å². The lowest BCUT2D eigenvalue weighted by atomic mass is 10.1. The minimum Gasteiger partial charge on any atom is -0.457 e. The number of hydrogen-bond acceptors (Lipinski definition) is 7. The van der Waals surface area contributed by atoms with Gasteiger partial charge in [0.1, 0.15) is 18.3 Å². The summed E-state index contributed by atoms with van der Waals surface area (Å²) < 4.78 is 10.8. The summed E-state index contributed by atoms with van der Waals surface area (Å²) in [6.45, 7) is 3.96. The van der Waals surface area contributed by atoms with Gasteiger partial charge in [-0.05, 0) is 13.3 Å². The van der Waals surface area contributed by atoms with E-state index in [0.717, 1.165) is 19.3 Å². The van der Waals surface area contributed by atoms with Crippen LogP contribution in [0.15, 0.2) is 0 Å². The Morgan fingerprint density at radius 2 is 1.70 bits per heavy atom. The summed E-state index contributed by atoms with van der Waals surface area (Å²) in [4.78, 5) is 22.0. The number of carbonyl (C=O) groups excluding carboxylic acids is 1. The predicted octanol–water partition coefficient (Wildman–Crippen LogP) is 2.91. The third kappa shape index (κ3) is 9.85. The summed E-state index contributed by atoms with van der Waals surface area (Å²) in [5, 5.41) is 19.5. The number of rotatable bonds is 16. The molecule has 0 aromatic heterocycles. The fourth-order valence-electron chi connectivity index (χ4n) is 3.22. The monoisotopic (exact) mass is 390 g/mol. The molecule has 0 aromatic carbocycles. The number of aliphatic hydroxyl groups excluding tert-OH is 2. The lowest BCUT2D eigenvalue weighted by molar-refractivity contribution is -0.343. The van der Waals surface area contributed by atoms with E-state index in [9.17, 15) is 15.0 Å². The molecular formula is C20H38O7. The van der Waals surface area contributed by atoms with E-state index >= 15 is 0 Å². The highest BCUT2D eigenvalue weighted by atomic mass is 17.2. The van der Waals surface area contributed by atoms with Gasteiger partial charge in [0, 0.05) is 6.42 Å². The molecule has 4 atom stereocenters. The standard InChI is InChI=1S/C20H38O7/c1-3-5-6-7-8-9-10-11-12-13-18(23)26-19-16(22)15-24-20(19)17(14-21)27-25-4-2/h16-17,19-22H,3-15H2,1-2H3/t16-,17+,19+,20+/m0/s1. The summed E-state index contributed by atoms with van der Waals surface area (Å²) in [5.74, 6) is -0.356. The molecule has 0 bridgehead atoms. The fourth-order valence-corrected chi connectivity index (χ4v) is 3.22.